The predicted molar refractivity (Wildman–Crippen MR) is 75.8 cm³/mol. The van der Waals surface area contributed by atoms with Crippen LogP contribution < -0.4 is 5.32 Å². The summed E-state index contributed by atoms with van der Waals surface area (Å²) in [6.45, 7) is 7.52. The molecule has 1 aromatic carbocycles. The first-order valence-corrected chi connectivity index (χ1v) is 6.99. The van der Waals surface area contributed by atoms with Crippen molar-refractivity contribution in [1.82, 2.24) is 5.32 Å². The average molecular weight is 247 g/mol. The Morgan fingerprint density at radius 1 is 1.33 bits per heavy atom. The minimum Gasteiger partial charge on any atom is -0.375 e. The van der Waals surface area contributed by atoms with E-state index in [2.05, 4.69) is 56.4 Å². The molecule has 1 heterocycles. The summed E-state index contributed by atoms with van der Waals surface area (Å²) in [5, 5.41) is 3.74. The summed E-state index contributed by atoms with van der Waals surface area (Å²) in [6.07, 6.45) is 3.33. The molecule has 2 atom stereocenters. The Morgan fingerprint density at radius 3 is 2.72 bits per heavy atom. The topological polar surface area (TPSA) is 21.3 Å². The fourth-order valence-electron chi connectivity index (χ4n) is 2.80. The van der Waals surface area contributed by atoms with Crippen LogP contribution >= 0.6 is 0 Å². The molecule has 1 aliphatic heterocycles. The molecular formula is C16H25NO. The largest absolute Gasteiger partial charge is 0.375 e. The van der Waals surface area contributed by atoms with Crippen molar-refractivity contribution in [2.45, 2.75) is 57.7 Å². The second kappa shape index (κ2) is 5.85. The van der Waals surface area contributed by atoms with Crippen molar-refractivity contribution in [3.05, 3.63) is 35.9 Å². The van der Waals surface area contributed by atoms with Gasteiger partial charge in [0.15, 0.2) is 0 Å². The van der Waals surface area contributed by atoms with Gasteiger partial charge in [0.1, 0.15) is 0 Å². The van der Waals surface area contributed by atoms with Gasteiger partial charge in [-0.05, 0) is 45.6 Å². The molecule has 2 nitrogen and oxygen atoms in total. The summed E-state index contributed by atoms with van der Waals surface area (Å²) in [6, 6.07) is 11.8. The van der Waals surface area contributed by atoms with Crippen LogP contribution in [0, 0.1) is 0 Å². The second-order valence-electron chi connectivity index (χ2n) is 6.06. The van der Waals surface area contributed by atoms with Gasteiger partial charge in [-0.2, -0.15) is 0 Å². The zero-order valence-electron chi connectivity index (χ0n) is 11.8. The third kappa shape index (κ3) is 4.11. The molecule has 2 rings (SSSR count). The summed E-state index contributed by atoms with van der Waals surface area (Å²) in [7, 11) is 0. The highest BCUT2D eigenvalue weighted by Gasteiger charge is 2.29. The molecule has 0 spiro atoms. The first kappa shape index (κ1) is 13.6. The number of rotatable bonds is 4. The van der Waals surface area contributed by atoms with E-state index >= 15 is 0 Å². The van der Waals surface area contributed by atoms with E-state index in [-0.39, 0.29) is 5.60 Å². The summed E-state index contributed by atoms with van der Waals surface area (Å²) in [5.74, 6) is 0. The molecule has 100 valence electrons. The monoisotopic (exact) mass is 247 g/mol. The van der Waals surface area contributed by atoms with Gasteiger partial charge in [0, 0.05) is 18.7 Å². The van der Waals surface area contributed by atoms with Crippen LogP contribution in [0.15, 0.2) is 30.3 Å². The zero-order chi connectivity index (χ0) is 13.0. The number of hydrogen-bond donors (Lipinski definition) is 1. The van der Waals surface area contributed by atoms with E-state index in [1.807, 2.05) is 0 Å². The van der Waals surface area contributed by atoms with Crippen molar-refractivity contribution < 1.29 is 4.74 Å². The van der Waals surface area contributed by atoms with E-state index in [1.165, 1.54) is 5.56 Å². The first-order valence-electron chi connectivity index (χ1n) is 6.99. The number of ether oxygens (including phenoxy) is 1. The van der Waals surface area contributed by atoms with Crippen molar-refractivity contribution in [3.8, 4) is 0 Å². The number of benzene rings is 1. The fraction of sp³-hybridized carbons (Fsp3) is 0.625. The highest BCUT2D eigenvalue weighted by atomic mass is 16.5. The average Bonchev–Trinajstić information content (AvgIpc) is 2.28. The van der Waals surface area contributed by atoms with Crippen LogP contribution in [-0.4, -0.2) is 24.3 Å². The molecule has 1 fully saturated rings. The molecule has 0 radical (unpaired) electrons. The zero-order valence-corrected chi connectivity index (χ0v) is 11.8. The van der Waals surface area contributed by atoms with E-state index in [4.69, 9.17) is 4.74 Å². The molecular weight excluding hydrogens is 222 g/mol. The summed E-state index contributed by atoms with van der Waals surface area (Å²) >= 11 is 0. The summed E-state index contributed by atoms with van der Waals surface area (Å²) in [5.41, 5.74) is 1.44. The smallest absolute Gasteiger partial charge is 0.0641 e. The lowest BCUT2D eigenvalue weighted by molar-refractivity contribution is -0.0639. The molecule has 0 aromatic heterocycles. The molecule has 0 aliphatic carbocycles. The van der Waals surface area contributed by atoms with Crippen LogP contribution in [0.1, 0.15) is 39.2 Å². The lowest BCUT2D eigenvalue weighted by Crippen LogP contribution is -2.47. The minimum atomic E-state index is 0.0301. The Labute approximate surface area is 111 Å². The van der Waals surface area contributed by atoms with Crippen molar-refractivity contribution in [2.24, 2.45) is 0 Å². The van der Waals surface area contributed by atoms with Crippen molar-refractivity contribution in [3.63, 3.8) is 0 Å². The van der Waals surface area contributed by atoms with Crippen LogP contribution in [0.3, 0.4) is 0 Å². The first-order chi connectivity index (χ1) is 8.55. The van der Waals surface area contributed by atoms with Gasteiger partial charge in [-0.15, -0.1) is 0 Å². The Kier molecular flexibility index (Phi) is 4.41. The summed E-state index contributed by atoms with van der Waals surface area (Å²) in [4.78, 5) is 0. The van der Waals surface area contributed by atoms with Crippen LogP contribution in [0.4, 0.5) is 0 Å². The van der Waals surface area contributed by atoms with Gasteiger partial charge in [0.05, 0.1) is 5.60 Å². The van der Waals surface area contributed by atoms with E-state index in [9.17, 15) is 0 Å². The number of nitrogens with one attached hydrogen (secondary N) is 1. The quantitative estimate of drug-likeness (QED) is 0.882. The molecule has 1 N–H and O–H groups in total. The van der Waals surface area contributed by atoms with Crippen LogP contribution in [0.2, 0.25) is 0 Å². The maximum absolute atomic E-state index is 5.76. The summed E-state index contributed by atoms with van der Waals surface area (Å²) < 4.78 is 5.76. The Hall–Kier alpha value is -0.860. The van der Waals surface area contributed by atoms with Crippen molar-refractivity contribution >= 4 is 0 Å². The molecule has 1 saturated heterocycles. The van der Waals surface area contributed by atoms with Crippen molar-refractivity contribution in [1.29, 1.82) is 0 Å². The molecule has 1 aliphatic rings. The van der Waals surface area contributed by atoms with Crippen molar-refractivity contribution in [2.75, 3.05) is 6.61 Å². The maximum Gasteiger partial charge on any atom is 0.0641 e. The Balaban J connectivity index is 1.82. The molecule has 0 amide bonds. The van der Waals surface area contributed by atoms with Gasteiger partial charge < -0.3 is 10.1 Å². The number of hydrogen-bond acceptors (Lipinski definition) is 2. The second-order valence-corrected chi connectivity index (χ2v) is 6.06. The maximum atomic E-state index is 5.76. The lowest BCUT2D eigenvalue weighted by atomic mass is 9.93. The Bertz CT molecular complexity index is 361. The van der Waals surface area contributed by atoms with E-state index in [0.29, 0.717) is 12.1 Å². The highest BCUT2D eigenvalue weighted by molar-refractivity contribution is 5.15. The van der Waals surface area contributed by atoms with Gasteiger partial charge in [-0.25, -0.2) is 0 Å². The highest BCUT2D eigenvalue weighted by Crippen LogP contribution is 2.24. The van der Waals surface area contributed by atoms with Crippen LogP contribution in [0.25, 0.3) is 0 Å². The van der Waals surface area contributed by atoms with Gasteiger partial charge in [-0.3, -0.25) is 0 Å². The van der Waals surface area contributed by atoms with Gasteiger partial charge in [0.25, 0.3) is 0 Å². The van der Waals surface area contributed by atoms with Crippen LogP contribution in [0.5, 0.6) is 0 Å². The molecule has 2 heteroatoms. The molecule has 1 aromatic rings. The Morgan fingerprint density at radius 2 is 2.06 bits per heavy atom. The third-order valence-corrected chi connectivity index (χ3v) is 3.60. The lowest BCUT2D eigenvalue weighted by Gasteiger charge is -2.37. The predicted octanol–water partition coefficient (Wildman–Crippen LogP) is 3.16. The normalized spacial score (nSPS) is 24.7. The molecule has 0 saturated carbocycles. The SMILES string of the molecule is C[C@H](Cc1ccccc1)N[C@H]1CCOC(C)(C)C1. The van der Waals surface area contributed by atoms with Crippen LogP contribution in [-0.2, 0) is 11.2 Å². The van der Waals surface area contributed by atoms with E-state index < -0.39 is 0 Å². The molecule has 18 heavy (non-hydrogen) atoms. The van der Waals surface area contributed by atoms with E-state index in [1.54, 1.807) is 0 Å². The standard InChI is InChI=1S/C16H25NO/c1-13(11-14-7-5-4-6-8-14)17-15-9-10-18-16(2,3)12-15/h4-8,13,15,17H,9-12H2,1-3H3/t13-,15+/m1/s1. The van der Waals surface area contributed by atoms with Gasteiger partial charge in [-0.1, -0.05) is 30.3 Å². The molecule has 0 unspecified atom stereocenters. The molecule has 0 bridgehead atoms. The third-order valence-electron chi connectivity index (χ3n) is 3.60. The van der Waals surface area contributed by atoms with E-state index in [0.717, 1.165) is 25.9 Å². The van der Waals surface area contributed by atoms with Gasteiger partial charge in [0.2, 0.25) is 0 Å². The fourth-order valence-corrected chi connectivity index (χ4v) is 2.80. The minimum absolute atomic E-state index is 0.0301. The van der Waals surface area contributed by atoms with Gasteiger partial charge >= 0.3 is 0 Å².